The van der Waals surface area contributed by atoms with Gasteiger partial charge < -0.3 is 4.74 Å². The predicted octanol–water partition coefficient (Wildman–Crippen LogP) is 1.94. The molecule has 0 saturated heterocycles. The summed E-state index contributed by atoms with van der Waals surface area (Å²) in [5.41, 5.74) is -0.967. The summed E-state index contributed by atoms with van der Waals surface area (Å²) in [6.45, 7) is 4.29. The van der Waals surface area contributed by atoms with Crippen LogP contribution in [-0.2, 0) is 13.1 Å². The minimum atomic E-state index is -0.484. The molecule has 7 nitrogen and oxygen atoms in total. The van der Waals surface area contributed by atoms with Crippen LogP contribution in [0.3, 0.4) is 0 Å². The lowest BCUT2D eigenvalue weighted by atomic mass is 10.4. The smallest absolute Gasteiger partial charge is 0.289 e. The largest absolute Gasteiger partial charge is 0.450 e. The first-order chi connectivity index (χ1) is 9.99. The number of rotatable bonds is 4. The van der Waals surface area contributed by atoms with E-state index < -0.39 is 11.1 Å². The summed E-state index contributed by atoms with van der Waals surface area (Å²) in [4.78, 5) is 23.7. The molecule has 2 aromatic rings. The fourth-order valence-electron chi connectivity index (χ4n) is 1.61. The SMILES string of the molecule is CCn1ncc(Oc2cnn(CC)c(=O)c2Cl)c(Cl)c1=O. The van der Waals surface area contributed by atoms with E-state index >= 15 is 0 Å². The van der Waals surface area contributed by atoms with E-state index in [1.54, 1.807) is 13.8 Å². The molecular formula is C12H12Cl2N4O3. The number of halogens is 2. The van der Waals surface area contributed by atoms with Crippen molar-refractivity contribution in [3.8, 4) is 11.5 Å². The molecule has 21 heavy (non-hydrogen) atoms. The van der Waals surface area contributed by atoms with Crippen LogP contribution < -0.4 is 15.9 Å². The van der Waals surface area contributed by atoms with Gasteiger partial charge in [0.05, 0.1) is 12.4 Å². The zero-order valence-corrected chi connectivity index (χ0v) is 12.9. The maximum Gasteiger partial charge on any atom is 0.289 e. The van der Waals surface area contributed by atoms with Crippen molar-refractivity contribution >= 4 is 23.2 Å². The first-order valence-electron chi connectivity index (χ1n) is 6.18. The molecule has 0 aliphatic heterocycles. The van der Waals surface area contributed by atoms with Crippen molar-refractivity contribution in [2.24, 2.45) is 0 Å². The number of hydrogen-bond acceptors (Lipinski definition) is 5. The summed E-state index contributed by atoms with van der Waals surface area (Å²) >= 11 is 11.9. The van der Waals surface area contributed by atoms with Gasteiger partial charge in [-0.1, -0.05) is 23.2 Å². The molecule has 0 fully saturated rings. The first-order valence-corrected chi connectivity index (χ1v) is 6.94. The van der Waals surface area contributed by atoms with E-state index in [9.17, 15) is 9.59 Å². The second-order valence-corrected chi connectivity index (χ2v) is 4.75. The predicted molar refractivity (Wildman–Crippen MR) is 78.4 cm³/mol. The Morgan fingerprint density at radius 2 is 1.33 bits per heavy atom. The highest BCUT2D eigenvalue weighted by atomic mass is 35.5. The highest BCUT2D eigenvalue weighted by Gasteiger charge is 2.15. The van der Waals surface area contributed by atoms with Crippen molar-refractivity contribution < 1.29 is 4.74 Å². The highest BCUT2D eigenvalue weighted by Crippen LogP contribution is 2.28. The van der Waals surface area contributed by atoms with Crippen LogP contribution in [0.2, 0.25) is 10.0 Å². The quantitative estimate of drug-likeness (QED) is 0.855. The van der Waals surface area contributed by atoms with Gasteiger partial charge in [-0.05, 0) is 13.8 Å². The second-order valence-electron chi connectivity index (χ2n) is 3.99. The Morgan fingerprint density at radius 1 is 0.952 bits per heavy atom. The lowest BCUT2D eigenvalue weighted by Gasteiger charge is -2.10. The number of aryl methyl sites for hydroxylation is 2. The van der Waals surface area contributed by atoms with Gasteiger partial charge in [-0.25, -0.2) is 9.36 Å². The van der Waals surface area contributed by atoms with E-state index in [0.29, 0.717) is 13.1 Å². The number of ether oxygens (including phenoxy) is 1. The van der Waals surface area contributed by atoms with Gasteiger partial charge in [0.1, 0.15) is 0 Å². The van der Waals surface area contributed by atoms with E-state index in [0.717, 1.165) is 0 Å². The third-order valence-corrected chi connectivity index (χ3v) is 3.42. The van der Waals surface area contributed by atoms with Gasteiger partial charge in [-0.15, -0.1) is 0 Å². The third kappa shape index (κ3) is 2.93. The minimum absolute atomic E-state index is 0.0173. The Morgan fingerprint density at radius 3 is 1.67 bits per heavy atom. The van der Waals surface area contributed by atoms with Gasteiger partial charge in [0.25, 0.3) is 11.1 Å². The lowest BCUT2D eigenvalue weighted by molar-refractivity contribution is 0.458. The van der Waals surface area contributed by atoms with Crippen molar-refractivity contribution in [2.75, 3.05) is 0 Å². The van der Waals surface area contributed by atoms with Crippen LogP contribution in [0, 0.1) is 0 Å². The number of nitrogens with zero attached hydrogens (tertiary/aromatic N) is 4. The first kappa shape index (κ1) is 15.5. The van der Waals surface area contributed by atoms with Crippen LogP contribution >= 0.6 is 23.2 Å². The van der Waals surface area contributed by atoms with Gasteiger partial charge in [-0.3, -0.25) is 9.59 Å². The average molecular weight is 331 g/mol. The molecule has 0 aliphatic carbocycles. The average Bonchev–Trinajstić information content (AvgIpc) is 2.49. The van der Waals surface area contributed by atoms with Gasteiger partial charge in [-0.2, -0.15) is 10.2 Å². The van der Waals surface area contributed by atoms with Gasteiger partial charge in [0.15, 0.2) is 21.5 Å². The van der Waals surface area contributed by atoms with Crippen LogP contribution in [0.5, 0.6) is 11.5 Å². The third-order valence-electron chi connectivity index (χ3n) is 2.72. The van der Waals surface area contributed by atoms with Crippen molar-refractivity contribution in [1.29, 1.82) is 0 Å². The number of hydrogen-bond donors (Lipinski definition) is 0. The van der Waals surface area contributed by atoms with Crippen LogP contribution in [0.25, 0.3) is 0 Å². The molecule has 0 N–H and O–H groups in total. The maximum atomic E-state index is 11.8. The monoisotopic (exact) mass is 330 g/mol. The van der Waals surface area contributed by atoms with Crippen molar-refractivity contribution in [3.05, 3.63) is 43.1 Å². The zero-order valence-electron chi connectivity index (χ0n) is 11.3. The summed E-state index contributed by atoms with van der Waals surface area (Å²) in [6.07, 6.45) is 2.57. The minimum Gasteiger partial charge on any atom is -0.450 e. The van der Waals surface area contributed by atoms with E-state index in [1.165, 1.54) is 21.8 Å². The van der Waals surface area contributed by atoms with Crippen LogP contribution in [-0.4, -0.2) is 19.6 Å². The lowest BCUT2D eigenvalue weighted by Crippen LogP contribution is -2.23. The standard InChI is InChI=1S/C12H12Cl2N4O3/c1-3-17-11(19)9(13)7(5-15-17)21-8-6-16-18(4-2)12(20)10(8)14/h5-6H,3-4H2,1-2H3. The van der Waals surface area contributed by atoms with Crippen molar-refractivity contribution in [3.63, 3.8) is 0 Å². The summed E-state index contributed by atoms with van der Waals surface area (Å²) in [5, 5.41) is 7.50. The summed E-state index contributed by atoms with van der Waals surface area (Å²) in [5.74, 6) is 0.0347. The summed E-state index contributed by atoms with van der Waals surface area (Å²) < 4.78 is 7.75. The molecule has 0 atom stereocenters. The van der Waals surface area contributed by atoms with Gasteiger partial charge in [0.2, 0.25) is 0 Å². The Hall–Kier alpha value is -1.86. The topological polar surface area (TPSA) is 79.0 Å². The Balaban J connectivity index is 2.44. The molecule has 0 saturated carbocycles. The van der Waals surface area contributed by atoms with Crippen molar-refractivity contribution in [2.45, 2.75) is 26.9 Å². The molecule has 0 bridgehead atoms. The molecule has 2 rings (SSSR count). The molecule has 2 heterocycles. The van der Waals surface area contributed by atoms with Crippen LogP contribution in [0.4, 0.5) is 0 Å². The molecule has 0 unspecified atom stereocenters. The van der Waals surface area contributed by atoms with Gasteiger partial charge >= 0.3 is 0 Å². The second kappa shape index (κ2) is 6.28. The van der Waals surface area contributed by atoms with Crippen molar-refractivity contribution in [1.82, 2.24) is 19.6 Å². The van der Waals surface area contributed by atoms with E-state index in [2.05, 4.69) is 10.2 Å². The van der Waals surface area contributed by atoms with Crippen LogP contribution in [0.1, 0.15) is 13.8 Å². The molecule has 0 amide bonds. The Bertz CT molecular complexity index is 720. The molecule has 0 spiro atoms. The Kier molecular flexibility index (Phi) is 4.64. The molecule has 9 heteroatoms. The molecule has 2 aromatic heterocycles. The normalized spacial score (nSPS) is 10.7. The fraction of sp³-hybridized carbons (Fsp3) is 0.333. The van der Waals surface area contributed by atoms with E-state index in [-0.39, 0.29) is 21.5 Å². The van der Waals surface area contributed by atoms with E-state index in [4.69, 9.17) is 27.9 Å². The number of aromatic nitrogens is 4. The molecule has 0 aromatic carbocycles. The maximum absolute atomic E-state index is 11.8. The highest BCUT2D eigenvalue weighted by molar-refractivity contribution is 6.32. The molecule has 112 valence electrons. The Labute approximate surface area is 129 Å². The fourth-order valence-corrected chi connectivity index (χ4v) is 1.98. The molecule has 0 aliphatic rings. The molecule has 0 radical (unpaired) electrons. The summed E-state index contributed by atoms with van der Waals surface area (Å²) in [6, 6.07) is 0. The zero-order chi connectivity index (χ0) is 15.6. The van der Waals surface area contributed by atoms with E-state index in [1.807, 2.05) is 0 Å². The molecular weight excluding hydrogens is 319 g/mol. The van der Waals surface area contributed by atoms with Gasteiger partial charge in [0, 0.05) is 13.1 Å². The summed E-state index contributed by atoms with van der Waals surface area (Å²) in [7, 11) is 0. The van der Waals surface area contributed by atoms with Crippen LogP contribution in [0.15, 0.2) is 22.0 Å².